The van der Waals surface area contributed by atoms with Crippen LogP contribution in [-0.2, 0) is 11.3 Å². The van der Waals surface area contributed by atoms with E-state index in [-0.39, 0.29) is 17.9 Å². The van der Waals surface area contributed by atoms with Gasteiger partial charge < -0.3 is 19.4 Å². The van der Waals surface area contributed by atoms with Gasteiger partial charge in [-0.25, -0.2) is 4.79 Å². The van der Waals surface area contributed by atoms with Gasteiger partial charge in [0.25, 0.3) is 0 Å². The molecule has 0 bridgehead atoms. The van der Waals surface area contributed by atoms with Crippen molar-refractivity contribution in [3.8, 4) is 5.75 Å². The summed E-state index contributed by atoms with van der Waals surface area (Å²) in [5.41, 5.74) is 0.790. The summed E-state index contributed by atoms with van der Waals surface area (Å²) < 4.78 is 10.9. The van der Waals surface area contributed by atoms with Gasteiger partial charge in [-0.1, -0.05) is 12.1 Å². The number of amides is 3. The van der Waals surface area contributed by atoms with Gasteiger partial charge in [-0.3, -0.25) is 9.69 Å². The molecule has 1 unspecified atom stereocenters. The average molecular weight is 369 g/mol. The molecule has 2 aromatic rings. The minimum absolute atomic E-state index is 0.0359. The van der Waals surface area contributed by atoms with Crippen LogP contribution in [0.1, 0.15) is 18.6 Å². The number of hydrogen-bond donors (Lipinski definition) is 1. The standard InChI is InChI=1S/C20H23N3O4/c24-19(21-13-16-6-4-11-26-16)15-5-3-9-22(14-15)20(25)23-10-12-27-18-8-2-1-7-17(18)23/h1-2,4,6-8,11,15H,3,5,9-10,12-14H2,(H,21,24). The van der Waals surface area contributed by atoms with Crippen LogP contribution in [0.15, 0.2) is 47.1 Å². The second-order valence-electron chi connectivity index (χ2n) is 6.83. The van der Waals surface area contributed by atoms with E-state index in [1.807, 2.05) is 30.3 Å². The van der Waals surface area contributed by atoms with Crippen molar-refractivity contribution >= 4 is 17.6 Å². The molecule has 1 N–H and O–H groups in total. The molecule has 1 aromatic carbocycles. The van der Waals surface area contributed by atoms with Crippen LogP contribution in [0.25, 0.3) is 0 Å². The Morgan fingerprint density at radius 3 is 2.89 bits per heavy atom. The summed E-state index contributed by atoms with van der Waals surface area (Å²) in [6, 6.07) is 11.1. The average Bonchev–Trinajstić information content (AvgIpc) is 3.25. The zero-order chi connectivity index (χ0) is 18.6. The number of urea groups is 1. The summed E-state index contributed by atoms with van der Waals surface area (Å²) >= 11 is 0. The number of nitrogens with one attached hydrogen (secondary N) is 1. The number of furan rings is 1. The van der Waals surface area contributed by atoms with Crippen LogP contribution in [0.2, 0.25) is 0 Å². The lowest BCUT2D eigenvalue weighted by molar-refractivity contribution is -0.126. The maximum absolute atomic E-state index is 13.1. The Kier molecular flexibility index (Phi) is 5.00. The first-order valence-corrected chi connectivity index (χ1v) is 9.31. The Hall–Kier alpha value is -2.96. The van der Waals surface area contributed by atoms with Gasteiger partial charge in [-0.15, -0.1) is 0 Å². The normalized spacial score (nSPS) is 19.2. The van der Waals surface area contributed by atoms with Crippen LogP contribution in [0, 0.1) is 5.92 Å². The van der Waals surface area contributed by atoms with E-state index in [9.17, 15) is 9.59 Å². The van der Waals surface area contributed by atoms with E-state index >= 15 is 0 Å². The summed E-state index contributed by atoms with van der Waals surface area (Å²) in [6.07, 6.45) is 3.19. The van der Waals surface area contributed by atoms with Crippen molar-refractivity contribution in [1.29, 1.82) is 0 Å². The molecule has 1 saturated heterocycles. The molecule has 0 spiro atoms. The molecular weight excluding hydrogens is 346 g/mol. The molecule has 0 radical (unpaired) electrons. The summed E-state index contributed by atoms with van der Waals surface area (Å²) in [6.45, 7) is 2.46. The van der Waals surface area contributed by atoms with Gasteiger partial charge in [0.05, 0.1) is 31.0 Å². The topological polar surface area (TPSA) is 75.0 Å². The van der Waals surface area contributed by atoms with Crippen molar-refractivity contribution in [3.63, 3.8) is 0 Å². The van der Waals surface area contributed by atoms with Crippen molar-refractivity contribution in [2.45, 2.75) is 19.4 Å². The molecule has 2 aliphatic rings. The number of carbonyl (C=O) groups excluding carboxylic acids is 2. The van der Waals surface area contributed by atoms with E-state index in [0.29, 0.717) is 32.8 Å². The predicted octanol–water partition coefficient (Wildman–Crippen LogP) is 2.63. The van der Waals surface area contributed by atoms with E-state index in [1.165, 1.54) is 0 Å². The summed E-state index contributed by atoms with van der Waals surface area (Å²) in [7, 11) is 0. The largest absolute Gasteiger partial charge is 0.490 e. The lowest BCUT2D eigenvalue weighted by Gasteiger charge is -2.37. The fourth-order valence-corrected chi connectivity index (χ4v) is 3.64. The molecule has 0 saturated carbocycles. The van der Waals surface area contributed by atoms with E-state index in [2.05, 4.69) is 5.32 Å². The van der Waals surface area contributed by atoms with Crippen LogP contribution in [-0.4, -0.2) is 43.1 Å². The minimum Gasteiger partial charge on any atom is -0.490 e. The molecule has 0 aliphatic carbocycles. The van der Waals surface area contributed by atoms with Gasteiger partial charge in [0, 0.05) is 13.1 Å². The fraction of sp³-hybridized carbons (Fsp3) is 0.400. The van der Waals surface area contributed by atoms with Crippen LogP contribution in [0.3, 0.4) is 0 Å². The monoisotopic (exact) mass is 369 g/mol. The number of para-hydroxylation sites is 2. The number of likely N-dealkylation sites (tertiary alicyclic amines) is 1. The Balaban J connectivity index is 1.39. The number of nitrogens with zero attached hydrogens (tertiary/aromatic N) is 2. The van der Waals surface area contributed by atoms with Crippen LogP contribution < -0.4 is 15.0 Å². The smallest absolute Gasteiger partial charge is 0.324 e. The van der Waals surface area contributed by atoms with Gasteiger partial charge in [-0.2, -0.15) is 0 Å². The van der Waals surface area contributed by atoms with Crippen molar-refractivity contribution in [2.24, 2.45) is 5.92 Å². The van der Waals surface area contributed by atoms with Gasteiger partial charge in [0.15, 0.2) is 0 Å². The Morgan fingerprint density at radius 2 is 2.04 bits per heavy atom. The maximum Gasteiger partial charge on any atom is 0.324 e. The molecule has 27 heavy (non-hydrogen) atoms. The third kappa shape index (κ3) is 3.77. The Morgan fingerprint density at radius 1 is 1.15 bits per heavy atom. The van der Waals surface area contributed by atoms with E-state index in [4.69, 9.17) is 9.15 Å². The van der Waals surface area contributed by atoms with Crippen LogP contribution in [0.4, 0.5) is 10.5 Å². The number of benzene rings is 1. The van der Waals surface area contributed by atoms with Gasteiger partial charge in [-0.05, 0) is 37.1 Å². The summed E-state index contributed by atoms with van der Waals surface area (Å²) in [5, 5.41) is 2.91. The molecule has 7 heteroatoms. The number of fused-ring (bicyclic) bond motifs is 1. The number of anilines is 1. The lowest BCUT2D eigenvalue weighted by Crippen LogP contribution is -2.52. The predicted molar refractivity (Wildman–Crippen MR) is 99.5 cm³/mol. The Labute approximate surface area is 157 Å². The fourth-order valence-electron chi connectivity index (χ4n) is 3.64. The third-order valence-corrected chi connectivity index (χ3v) is 5.04. The summed E-state index contributed by atoms with van der Waals surface area (Å²) in [5.74, 6) is 1.21. The number of rotatable bonds is 3. The SMILES string of the molecule is O=C(NCc1ccco1)C1CCCN(C(=O)N2CCOc3ccccc32)C1. The van der Waals surface area contributed by atoms with Crippen molar-refractivity contribution in [3.05, 3.63) is 48.4 Å². The van der Waals surface area contributed by atoms with Crippen LogP contribution >= 0.6 is 0 Å². The van der Waals surface area contributed by atoms with Gasteiger partial charge >= 0.3 is 6.03 Å². The molecule has 142 valence electrons. The molecule has 4 rings (SSSR count). The highest BCUT2D eigenvalue weighted by Crippen LogP contribution is 2.32. The first-order chi connectivity index (χ1) is 13.2. The minimum atomic E-state index is -0.200. The number of carbonyl (C=O) groups is 2. The highest BCUT2D eigenvalue weighted by molar-refractivity contribution is 5.94. The molecule has 1 fully saturated rings. The number of piperidine rings is 1. The van der Waals surface area contributed by atoms with Gasteiger partial charge in [0.1, 0.15) is 18.1 Å². The van der Waals surface area contributed by atoms with E-state index < -0.39 is 0 Å². The second-order valence-corrected chi connectivity index (χ2v) is 6.83. The number of ether oxygens (including phenoxy) is 1. The first-order valence-electron chi connectivity index (χ1n) is 9.31. The number of hydrogen-bond acceptors (Lipinski definition) is 4. The third-order valence-electron chi connectivity index (χ3n) is 5.04. The molecule has 7 nitrogen and oxygen atoms in total. The molecule has 3 amide bonds. The van der Waals surface area contributed by atoms with E-state index in [0.717, 1.165) is 30.0 Å². The highest BCUT2D eigenvalue weighted by Gasteiger charge is 2.33. The van der Waals surface area contributed by atoms with Crippen molar-refractivity contribution in [2.75, 3.05) is 31.1 Å². The van der Waals surface area contributed by atoms with Crippen molar-refractivity contribution in [1.82, 2.24) is 10.2 Å². The first kappa shape index (κ1) is 17.5. The molecule has 1 atom stereocenters. The molecule has 2 aliphatic heterocycles. The maximum atomic E-state index is 13.1. The molecule has 1 aromatic heterocycles. The summed E-state index contributed by atoms with van der Waals surface area (Å²) in [4.78, 5) is 29.1. The van der Waals surface area contributed by atoms with Gasteiger partial charge in [0.2, 0.25) is 5.91 Å². The molecular formula is C20H23N3O4. The zero-order valence-electron chi connectivity index (χ0n) is 15.1. The lowest BCUT2D eigenvalue weighted by atomic mass is 9.97. The quantitative estimate of drug-likeness (QED) is 0.903. The second kappa shape index (κ2) is 7.73. The van der Waals surface area contributed by atoms with Crippen LogP contribution in [0.5, 0.6) is 5.75 Å². The van der Waals surface area contributed by atoms with Crippen molar-refractivity contribution < 1.29 is 18.7 Å². The zero-order valence-corrected chi connectivity index (χ0v) is 15.1. The van der Waals surface area contributed by atoms with E-state index in [1.54, 1.807) is 22.1 Å². The Bertz CT molecular complexity index is 805. The molecule has 3 heterocycles. The highest BCUT2D eigenvalue weighted by atomic mass is 16.5.